The van der Waals surface area contributed by atoms with Crippen molar-refractivity contribution >= 4 is 11.9 Å². The molecule has 194 valence electrons. The molecule has 0 spiro atoms. The maximum atomic E-state index is 13.8. The molecular weight excluding hydrogens is 465 g/mol. The average Bonchev–Trinajstić information content (AvgIpc) is 2.95. The minimum Gasteiger partial charge on any atom is -0.492 e. The third-order valence-electron chi connectivity index (χ3n) is 6.70. The van der Waals surface area contributed by atoms with Gasteiger partial charge >= 0.3 is 6.03 Å². The monoisotopic (exact) mass is 499 g/mol. The maximum absolute atomic E-state index is 13.8. The number of hydrogen-bond acceptors (Lipinski definition) is 6. The molecule has 3 amide bonds. The molecule has 0 saturated carbocycles. The zero-order valence-electron chi connectivity index (χ0n) is 20.8. The topological polar surface area (TPSA) is 91.3 Å². The van der Waals surface area contributed by atoms with Crippen molar-refractivity contribution in [3.63, 3.8) is 0 Å². The Morgan fingerprint density at radius 3 is 2.47 bits per heavy atom. The quantitative estimate of drug-likeness (QED) is 0.515. The van der Waals surface area contributed by atoms with Gasteiger partial charge < -0.3 is 19.9 Å². The van der Waals surface area contributed by atoms with Crippen molar-refractivity contribution < 1.29 is 28.6 Å². The summed E-state index contributed by atoms with van der Waals surface area (Å²) in [6.07, 6.45) is 1.96. The number of ether oxygens (including phenoxy) is 2. The number of urea groups is 1. The zero-order chi connectivity index (χ0) is 25.8. The smallest absolute Gasteiger partial charge is 0.325 e. The minimum absolute atomic E-state index is 0.0655. The second kappa shape index (κ2) is 10.8. The van der Waals surface area contributed by atoms with E-state index in [9.17, 15) is 19.1 Å². The molecule has 2 fully saturated rings. The Bertz CT molecular complexity index is 1080. The molecule has 2 aliphatic rings. The normalized spacial score (nSPS) is 22.3. The molecule has 9 heteroatoms. The highest BCUT2D eigenvalue weighted by molar-refractivity contribution is 6.06. The van der Waals surface area contributed by atoms with Crippen LogP contribution < -0.4 is 14.8 Å². The van der Waals surface area contributed by atoms with E-state index in [2.05, 4.69) is 10.2 Å². The van der Waals surface area contributed by atoms with Crippen LogP contribution in [0.5, 0.6) is 11.5 Å². The van der Waals surface area contributed by atoms with Gasteiger partial charge in [0.15, 0.2) is 11.6 Å². The van der Waals surface area contributed by atoms with Gasteiger partial charge in [-0.3, -0.25) is 14.6 Å². The van der Waals surface area contributed by atoms with Gasteiger partial charge in [-0.1, -0.05) is 24.3 Å². The third kappa shape index (κ3) is 6.33. The van der Waals surface area contributed by atoms with Gasteiger partial charge in [0.1, 0.15) is 24.5 Å². The molecule has 4 rings (SSSR count). The number of aliphatic hydroxyl groups is 1. The van der Waals surface area contributed by atoms with Crippen molar-refractivity contribution in [1.29, 1.82) is 0 Å². The molecule has 1 atom stereocenters. The highest BCUT2D eigenvalue weighted by Gasteiger charge is 2.43. The van der Waals surface area contributed by atoms with Crippen LogP contribution in [0.2, 0.25) is 0 Å². The van der Waals surface area contributed by atoms with Crippen molar-refractivity contribution in [1.82, 2.24) is 15.1 Å². The molecule has 0 aromatic heterocycles. The van der Waals surface area contributed by atoms with E-state index in [4.69, 9.17) is 9.47 Å². The van der Waals surface area contributed by atoms with Crippen molar-refractivity contribution in [2.45, 2.75) is 50.8 Å². The van der Waals surface area contributed by atoms with Crippen molar-refractivity contribution in [3.05, 3.63) is 59.9 Å². The number of para-hydroxylation sites is 1. The molecule has 36 heavy (non-hydrogen) atoms. The predicted molar refractivity (Wildman–Crippen MR) is 132 cm³/mol. The Balaban J connectivity index is 1.22. The van der Waals surface area contributed by atoms with Gasteiger partial charge in [0.25, 0.3) is 5.91 Å². The van der Waals surface area contributed by atoms with Crippen LogP contribution in [0, 0.1) is 5.82 Å². The van der Waals surface area contributed by atoms with Gasteiger partial charge in [0.05, 0.1) is 12.1 Å². The fourth-order valence-electron chi connectivity index (χ4n) is 4.54. The molecule has 0 aliphatic carbocycles. The molecule has 2 aromatic carbocycles. The number of rotatable bonds is 9. The van der Waals surface area contributed by atoms with E-state index in [-0.39, 0.29) is 31.4 Å². The second-order valence-electron chi connectivity index (χ2n) is 10.1. The molecule has 2 aliphatic heterocycles. The Hall–Kier alpha value is -3.17. The van der Waals surface area contributed by atoms with E-state index in [1.54, 1.807) is 32.0 Å². The van der Waals surface area contributed by atoms with Crippen LogP contribution in [0.25, 0.3) is 0 Å². The zero-order valence-corrected chi connectivity index (χ0v) is 20.8. The SMILES string of the molecule is CC1(C)NC(=O)N(CCOc2ccc(CN3CCCC(O)(COc4ccccc4F)CC3)cc2)C1=O. The minimum atomic E-state index is -0.989. The van der Waals surface area contributed by atoms with E-state index in [0.29, 0.717) is 25.1 Å². The fraction of sp³-hybridized carbons (Fsp3) is 0.481. The number of carbonyl (C=O) groups is 2. The van der Waals surface area contributed by atoms with Gasteiger partial charge in [0, 0.05) is 13.1 Å². The summed E-state index contributed by atoms with van der Waals surface area (Å²) in [4.78, 5) is 27.7. The van der Waals surface area contributed by atoms with E-state index in [1.165, 1.54) is 11.0 Å². The van der Waals surface area contributed by atoms with Crippen LogP contribution in [-0.2, 0) is 11.3 Å². The first-order valence-electron chi connectivity index (χ1n) is 12.3. The first kappa shape index (κ1) is 25.9. The standard InChI is InChI=1S/C27H34FN3O5/c1-26(2)24(32)31(25(33)29-26)16-17-35-21-10-8-20(9-11-21)18-30-14-5-12-27(34,13-15-30)19-36-23-7-4-3-6-22(23)28/h3-4,6-11,34H,5,12-19H2,1-2H3,(H,29,33). The number of benzene rings is 2. The lowest BCUT2D eigenvalue weighted by Crippen LogP contribution is -2.40. The number of carbonyl (C=O) groups excluding carboxylic acids is 2. The largest absolute Gasteiger partial charge is 0.492 e. The lowest BCUT2D eigenvalue weighted by atomic mass is 9.96. The van der Waals surface area contributed by atoms with Crippen molar-refractivity contribution in [2.75, 3.05) is 32.8 Å². The van der Waals surface area contributed by atoms with Crippen LogP contribution in [0.1, 0.15) is 38.7 Å². The van der Waals surface area contributed by atoms with Gasteiger partial charge in [-0.05, 0) is 69.5 Å². The summed E-state index contributed by atoms with van der Waals surface area (Å²) in [5, 5.41) is 13.7. The second-order valence-corrected chi connectivity index (χ2v) is 10.1. The number of likely N-dealkylation sites (tertiary alicyclic amines) is 1. The molecule has 8 nitrogen and oxygen atoms in total. The summed E-state index contributed by atoms with van der Waals surface area (Å²) < 4.78 is 25.1. The Morgan fingerprint density at radius 1 is 1.03 bits per heavy atom. The average molecular weight is 500 g/mol. The van der Waals surface area contributed by atoms with Gasteiger partial charge in [-0.15, -0.1) is 0 Å². The first-order chi connectivity index (χ1) is 17.2. The van der Waals surface area contributed by atoms with E-state index >= 15 is 0 Å². The molecule has 1 unspecified atom stereocenters. The number of imide groups is 1. The molecule has 2 aromatic rings. The third-order valence-corrected chi connectivity index (χ3v) is 6.70. The summed E-state index contributed by atoms with van der Waals surface area (Å²) in [6, 6.07) is 13.6. The van der Waals surface area contributed by atoms with Crippen molar-refractivity contribution in [3.8, 4) is 11.5 Å². The fourth-order valence-corrected chi connectivity index (χ4v) is 4.54. The number of amides is 3. The summed E-state index contributed by atoms with van der Waals surface area (Å²) >= 11 is 0. The molecule has 0 radical (unpaired) electrons. The molecule has 2 saturated heterocycles. The first-order valence-corrected chi connectivity index (χ1v) is 12.3. The predicted octanol–water partition coefficient (Wildman–Crippen LogP) is 3.33. The van der Waals surface area contributed by atoms with Crippen LogP contribution in [-0.4, -0.2) is 70.8 Å². The van der Waals surface area contributed by atoms with Crippen LogP contribution in [0.15, 0.2) is 48.5 Å². The van der Waals surface area contributed by atoms with Gasteiger partial charge in [-0.2, -0.15) is 0 Å². The summed E-state index contributed by atoms with van der Waals surface area (Å²) in [5.41, 5.74) is -0.752. The van der Waals surface area contributed by atoms with Crippen molar-refractivity contribution in [2.24, 2.45) is 0 Å². The van der Waals surface area contributed by atoms with Gasteiger partial charge in [0.2, 0.25) is 0 Å². The number of nitrogens with zero attached hydrogens (tertiary/aromatic N) is 2. The number of halogens is 1. The van der Waals surface area contributed by atoms with Crippen LogP contribution >= 0.6 is 0 Å². The highest BCUT2D eigenvalue weighted by atomic mass is 19.1. The molecular formula is C27H34FN3O5. The Labute approximate surface area is 211 Å². The van der Waals surface area contributed by atoms with Crippen LogP contribution in [0.4, 0.5) is 9.18 Å². The van der Waals surface area contributed by atoms with Crippen LogP contribution in [0.3, 0.4) is 0 Å². The summed E-state index contributed by atoms with van der Waals surface area (Å²) in [7, 11) is 0. The highest BCUT2D eigenvalue weighted by Crippen LogP contribution is 2.26. The van der Waals surface area contributed by atoms with E-state index < -0.39 is 23.0 Å². The number of hydrogen-bond donors (Lipinski definition) is 2. The summed E-state index contributed by atoms with van der Waals surface area (Å²) in [5.74, 6) is 0.145. The summed E-state index contributed by atoms with van der Waals surface area (Å²) in [6.45, 7) is 6.12. The molecule has 0 bridgehead atoms. The molecule has 2 N–H and O–H groups in total. The maximum Gasteiger partial charge on any atom is 0.325 e. The lowest BCUT2D eigenvalue weighted by molar-refractivity contribution is -0.130. The lowest BCUT2D eigenvalue weighted by Gasteiger charge is -2.27. The Morgan fingerprint density at radius 2 is 1.78 bits per heavy atom. The number of nitrogens with one attached hydrogen (secondary N) is 1. The van der Waals surface area contributed by atoms with E-state index in [0.717, 1.165) is 25.1 Å². The van der Waals surface area contributed by atoms with Gasteiger partial charge in [-0.25, -0.2) is 9.18 Å². The Kier molecular flexibility index (Phi) is 7.80. The molecule has 2 heterocycles. The van der Waals surface area contributed by atoms with E-state index in [1.807, 2.05) is 24.3 Å².